The van der Waals surface area contributed by atoms with Gasteiger partial charge >= 0.3 is 5.97 Å². The van der Waals surface area contributed by atoms with Crippen LogP contribution in [-0.4, -0.2) is 63.6 Å². The summed E-state index contributed by atoms with van der Waals surface area (Å²) in [6.07, 6.45) is 4.61. The Bertz CT molecular complexity index is 946. The molecule has 1 aromatic carbocycles. The van der Waals surface area contributed by atoms with Gasteiger partial charge in [0.1, 0.15) is 6.04 Å². The van der Waals surface area contributed by atoms with E-state index in [0.29, 0.717) is 0 Å². The minimum Gasteiger partial charge on any atom is -0.480 e. The summed E-state index contributed by atoms with van der Waals surface area (Å²) < 4.78 is 0. The standard InChI is InChI=1S/C22H26N4O2/c1-16-5-6-20-18(14-16)19(15-24-20)21(22(27)28)26-12-10-25(11-13-26)9-7-17-4-2-3-8-23-17/h2-6,8,14-15,21,24H,7,9-13H2,1H3,(H,27,28)/t21-/m0/s1. The number of nitrogens with zero attached hydrogens (tertiary/aromatic N) is 3. The quantitative estimate of drug-likeness (QED) is 0.690. The van der Waals surface area contributed by atoms with E-state index < -0.39 is 12.0 Å². The van der Waals surface area contributed by atoms with Gasteiger partial charge in [0.15, 0.2) is 0 Å². The average Bonchev–Trinajstić information content (AvgIpc) is 3.11. The fraction of sp³-hybridized carbons (Fsp3) is 0.364. The molecule has 0 spiro atoms. The number of aromatic amines is 1. The van der Waals surface area contributed by atoms with Gasteiger partial charge in [-0.25, -0.2) is 0 Å². The highest BCUT2D eigenvalue weighted by atomic mass is 16.4. The molecule has 146 valence electrons. The number of carbonyl (C=O) groups is 1. The van der Waals surface area contributed by atoms with Crippen LogP contribution >= 0.6 is 0 Å². The van der Waals surface area contributed by atoms with Crippen molar-refractivity contribution < 1.29 is 9.90 Å². The first kappa shape index (κ1) is 18.7. The van der Waals surface area contributed by atoms with Crippen LogP contribution in [0.25, 0.3) is 10.9 Å². The minimum absolute atomic E-state index is 0.617. The van der Waals surface area contributed by atoms with Gasteiger partial charge in [-0.1, -0.05) is 17.7 Å². The fourth-order valence-electron chi connectivity index (χ4n) is 4.03. The summed E-state index contributed by atoms with van der Waals surface area (Å²) in [7, 11) is 0. The first-order chi connectivity index (χ1) is 13.6. The zero-order valence-corrected chi connectivity index (χ0v) is 16.1. The van der Waals surface area contributed by atoms with E-state index in [-0.39, 0.29) is 0 Å². The number of nitrogens with one attached hydrogen (secondary N) is 1. The average molecular weight is 378 g/mol. The first-order valence-electron chi connectivity index (χ1n) is 9.78. The number of fused-ring (bicyclic) bond motifs is 1. The number of carboxylic acid groups (broad SMARTS) is 1. The van der Waals surface area contributed by atoms with Gasteiger partial charge in [-0.3, -0.25) is 14.7 Å². The Morgan fingerprint density at radius 3 is 2.75 bits per heavy atom. The smallest absolute Gasteiger partial charge is 0.325 e. The van der Waals surface area contributed by atoms with Crippen LogP contribution in [0.15, 0.2) is 48.8 Å². The van der Waals surface area contributed by atoms with Crippen molar-refractivity contribution in [2.75, 3.05) is 32.7 Å². The molecule has 3 aromatic rings. The van der Waals surface area contributed by atoms with Crippen LogP contribution in [0.3, 0.4) is 0 Å². The summed E-state index contributed by atoms with van der Waals surface area (Å²) >= 11 is 0. The number of rotatable bonds is 6. The molecule has 1 aliphatic rings. The van der Waals surface area contributed by atoms with Gasteiger partial charge in [-0.15, -0.1) is 0 Å². The van der Waals surface area contributed by atoms with Crippen LogP contribution in [0, 0.1) is 6.92 Å². The van der Waals surface area contributed by atoms with E-state index in [9.17, 15) is 9.90 Å². The lowest BCUT2D eigenvalue weighted by atomic mass is 10.0. The first-order valence-corrected chi connectivity index (χ1v) is 9.78. The number of hydrogen-bond acceptors (Lipinski definition) is 4. The maximum absolute atomic E-state index is 12.1. The molecule has 1 fully saturated rings. The summed E-state index contributed by atoms with van der Waals surface area (Å²) in [6, 6.07) is 11.5. The molecule has 1 saturated heterocycles. The molecule has 6 nitrogen and oxygen atoms in total. The normalized spacial score (nSPS) is 17.0. The fourth-order valence-corrected chi connectivity index (χ4v) is 4.03. The van der Waals surface area contributed by atoms with Crippen molar-refractivity contribution in [1.29, 1.82) is 0 Å². The molecule has 0 saturated carbocycles. The van der Waals surface area contributed by atoms with Gasteiger partial charge in [0, 0.05) is 73.7 Å². The van der Waals surface area contributed by atoms with Gasteiger partial charge in [0.25, 0.3) is 0 Å². The number of aromatic nitrogens is 2. The molecule has 1 aliphatic heterocycles. The molecule has 0 amide bonds. The number of aliphatic carboxylic acids is 1. The maximum atomic E-state index is 12.1. The van der Waals surface area contributed by atoms with Gasteiger partial charge in [0.2, 0.25) is 0 Å². The van der Waals surface area contributed by atoms with E-state index in [0.717, 1.165) is 66.9 Å². The summed E-state index contributed by atoms with van der Waals surface area (Å²) in [5.74, 6) is -0.788. The number of benzene rings is 1. The van der Waals surface area contributed by atoms with Crippen molar-refractivity contribution in [3.8, 4) is 0 Å². The predicted octanol–water partition coefficient (Wildman–Crippen LogP) is 2.86. The Morgan fingerprint density at radius 1 is 1.21 bits per heavy atom. The second kappa shape index (κ2) is 8.12. The van der Waals surface area contributed by atoms with Gasteiger partial charge in [0.05, 0.1) is 0 Å². The second-order valence-electron chi connectivity index (χ2n) is 7.48. The number of pyridine rings is 1. The van der Waals surface area contributed by atoms with Gasteiger partial charge < -0.3 is 15.0 Å². The third-order valence-corrected chi connectivity index (χ3v) is 5.58. The number of aryl methyl sites for hydroxylation is 1. The number of hydrogen-bond donors (Lipinski definition) is 2. The van der Waals surface area contributed by atoms with E-state index in [1.54, 1.807) is 0 Å². The Balaban J connectivity index is 1.44. The summed E-state index contributed by atoms with van der Waals surface area (Å²) in [4.78, 5) is 24.2. The maximum Gasteiger partial charge on any atom is 0.325 e. The van der Waals surface area contributed by atoms with Gasteiger partial charge in [-0.05, 0) is 31.2 Å². The number of H-pyrrole nitrogens is 1. The largest absolute Gasteiger partial charge is 0.480 e. The minimum atomic E-state index is -0.788. The number of piperazine rings is 1. The highest BCUT2D eigenvalue weighted by molar-refractivity contribution is 5.89. The Hall–Kier alpha value is -2.70. The van der Waals surface area contributed by atoms with Crippen molar-refractivity contribution in [2.24, 2.45) is 0 Å². The summed E-state index contributed by atoms with van der Waals surface area (Å²) in [5.41, 5.74) is 4.08. The molecule has 0 radical (unpaired) electrons. The van der Waals surface area contributed by atoms with Crippen LogP contribution in [0.1, 0.15) is 22.9 Å². The van der Waals surface area contributed by atoms with E-state index >= 15 is 0 Å². The number of carboxylic acids is 1. The lowest BCUT2D eigenvalue weighted by Crippen LogP contribution is -2.49. The molecule has 28 heavy (non-hydrogen) atoms. The van der Waals surface area contributed by atoms with E-state index in [1.807, 2.05) is 43.6 Å². The van der Waals surface area contributed by atoms with Crippen LogP contribution < -0.4 is 0 Å². The summed E-state index contributed by atoms with van der Waals surface area (Å²) in [6.45, 7) is 6.23. The molecule has 0 unspecified atom stereocenters. The van der Waals surface area contributed by atoms with E-state index in [2.05, 4.69) is 31.9 Å². The lowest BCUT2D eigenvalue weighted by Gasteiger charge is -2.37. The molecule has 3 heterocycles. The summed E-state index contributed by atoms with van der Waals surface area (Å²) in [5, 5.41) is 11.0. The van der Waals surface area contributed by atoms with Crippen LogP contribution in [0.4, 0.5) is 0 Å². The van der Waals surface area contributed by atoms with Crippen molar-refractivity contribution in [2.45, 2.75) is 19.4 Å². The predicted molar refractivity (Wildman–Crippen MR) is 109 cm³/mol. The van der Waals surface area contributed by atoms with Gasteiger partial charge in [-0.2, -0.15) is 0 Å². The second-order valence-corrected chi connectivity index (χ2v) is 7.48. The zero-order chi connectivity index (χ0) is 19.5. The van der Waals surface area contributed by atoms with E-state index in [4.69, 9.17) is 0 Å². The molecule has 0 aliphatic carbocycles. The highest BCUT2D eigenvalue weighted by Gasteiger charge is 2.32. The monoisotopic (exact) mass is 378 g/mol. The van der Waals surface area contributed by atoms with Crippen molar-refractivity contribution in [3.05, 3.63) is 65.6 Å². The Morgan fingerprint density at radius 2 is 2.04 bits per heavy atom. The molecular weight excluding hydrogens is 352 g/mol. The molecule has 2 aromatic heterocycles. The topological polar surface area (TPSA) is 72.5 Å². The van der Waals surface area contributed by atoms with Crippen molar-refractivity contribution >= 4 is 16.9 Å². The SMILES string of the molecule is Cc1ccc2[nH]cc([C@@H](C(=O)O)N3CCN(CCc4ccccn4)CC3)c2c1. The third-order valence-electron chi connectivity index (χ3n) is 5.58. The zero-order valence-electron chi connectivity index (χ0n) is 16.1. The van der Waals surface area contributed by atoms with Crippen molar-refractivity contribution in [1.82, 2.24) is 19.8 Å². The lowest BCUT2D eigenvalue weighted by molar-refractivity contribution is -0.144. The highest BCUT2D eigenvalue weighted by Crippen LogP contribution is 2.30. The molecular formula is C22H26N4O2. The molecule has 0 bridgehead atoms. The van der Waals surface area contributed by atoms with Crippen molar-refractivity contribution in [3.63, 3.8) is 0 Å². The van der Waals surface area contributed by atoms with E-state index in [1.165, 1.54) is 0 Å². The Labute approximate surface area is 164 Å². The molecule has 6 heteroatoms. The molecule has 1 atom stereocenters. The molecule has 2 N–H and O–H groups in total. The molecule has 4 rings (SSSR count). The third kappa shape index (κ3) is 3.93. The Kier molecular flexibility index (Phi) is 5.41. The van der Waals surface area contributed by atoms with Crippen LogP contribution in [-0.2, 0) is 11.2 Å². The van der Waals surface area contributed by atoms with Crippen LogP contribution in [0.2, 0.25) is 0 Å². The van der Waals surface area contributed by atoms with Crippen LogP contribution in [0.5, 0.6) is 0 Å².